The van der Waals surface area contributed by atoms with Crippen LogP contribution >= 0.6 is 11.6 Å². The minimum atomic E-state index is -3.89. The average Bonchev–Trinajstić information content (AvgIpc) is 2.86. The Morgan fingerprint density at radius 2 is 1.68 bits per heavy atom. The fraction of sp³-hybridized carbons (Fsp3) is 0.321. The minimum Gasteiger partial charge on any atom is -0.495 e. The van der Waals surface area contributed by atoms with E-state index < -0.39 is 21.5 Å². The van der Waals surface area contributed by atoms with Gasteiger partial charge in [0.15, 0.2) is 0 Å². The summed E-state index contributed by atoms with van der Waals surface area (Å²) in [5, 5.41) is 0.622. The van der Waals surface area contributed by atoms with Gasteiger partial charge in [-0.1, -0.05) is 23.7 Å². The summed E-state index contributed by atoms with van der Waals surface area (Å²) in [6.07, 6.45) is 0.155. The fourth-order valence-electron chi connectivity index (χ4n) is 4.01. The van der Waals surface area contributed by atoms with E-state index in [1.165, 1.54) is 7.11 Å². The summed E-state index contributed by atoms with van der Waals surface area (Å²) in [4.78, 5) is 14.4. The summed E-state index contributed by atoms with van der Waals surface area (Å²) in [7, 11) is -2.43. The average molecular weight is 544 g/mol. The molecule has 9 heteroatoms. The number of hydrogen-bond acceptors (Lipinski definition) is 6. The topological polar surface area (TPSA) is 82.1 Å². The van der Waals surface area contributed by atoms with Crippen LogP contribution in [0.1, 0.15) is 37.5 Å². The van der Waals surface area contributed by atoms with Crippen molar-refractivity contribution in [3.8, 4) is 11.5 Å². The number of hydrogen-bond donors (Lipinski definition) is 0. The molecule has 0 atom stereocenters. The standard InChI is InChI=1S/C28H30ClNO6S/c1-28(2,3)36-27(31)30-14-13-20-15-25(34-4)26(16-21(20)17-30)37(32,33)24-11-5-19(6-12-24)18-35-23-9-7-22(29)8-10-23/h5-12,15-16H,13-14,17-18H2,1-4H3. The van der Waals surface area contributed by atoms with Crippen LogP contribution in [-0.4, -0.2) is 38.7 Å². The van der Waals surface area contributed by atoms with Crippen LogP contribution in [0.4, 0.5) is 4.79 Å². The zero-order valence-corrected chi connectivity index (χ0v) is 22.9. The molecule has 3 aromatic rings. The summed E-state index contributed by atoms with van der Waals surface area (Å²) in [5.41, 5.74) is 1.91. The van der Waals surface area contributed by atoms with Crippen LogP contribution in [0.15, 0.2) is 70.5 Å². The van der Waals surface area contributed by atoms with Crippen molar-refractivity contribution in [2.75, 3.05) is 13.7 Å². The first-order chi connectivity index (χ1) is 17.5. The van der Waals surface area contributed by atoms with Gasteiger partial charge in [-0.05, 0) is 92.4 Å². The number of ether oxygens (including phenoxy) is 3. The zero-order chi connectivity index (χ0) is 26.8. The molecule has 4 rings (SSSR count). The molecule has 0 aromatic heterocycles. The number of halogens is 1. The number of amides is 1. The van der Waals surface area contributed by atoms with E-state index in [1.807, 2.05) is 20.8 Å². The van der Waals surface area contributed by atoms with Gasteiger partial charge in [-0.15, -0.1) is 0 Å². The largest absolute Gasteiger partial charge is 0.495 e. The number of fused-ring (bicyclic) bond motifs is 1. The number of carbonyl (C=O) groups is 1. The summed E-state index contributed by atoms with van der Waals surface area (Å²) in [6.45, 7) is 6.47. The van der Waals surface area contributed by atoms with Gasteiger partial charge in [-0.25, -0.2) is 13.2 Å². The Morgan fingerprint density at radius 3 is 2.30 bits per heavy atom. The Kier molecular flexibility index (Phi) is 7.71. The van der Waals surface area contributed by atoms with Crippen LogP contribution in [0.25, 0.3) is 0 Å². The van der Waals surface area contributed by atoms with Crippen LogP contribution in [0, 0.1) is 0 Å². The highest BCUT2D eigenvalue weighted by Gasteiger charge is 2.29. The van der Waals surface area contributed by atoms with Gasteiger partial charge < -0.3 is 19.1 Å². The first-order valence-electron chi connectivity index (χ1n) is 11.9. The van der Waals surface area contributed by atoms with Gasteiger partial charge in [0.25, 0.3) is 0 Å². The summed E-state index contributed by atoms with van der Waals surface area (Å²) in [6, 6.07) is 16.9. The van der Waals surface area contributed by atoms with Crippen LogP contribution in [-0.2, 0) is 34.1 Å². The van der Waals surface area contributed by atoms with E-state index in [-0.39, 0.29) is 28.7 Å². The number of methoxy groups -OCH3 is 1. The number of benzene rings is 3. The van der Waals surface area contributed by atoms with Crippen LogP contribution in [0.2, 0.25) is 5.02 Å². The zero-order valence-electron chi connectivity index (χ0n) is 21.3. The van der Waals surface area contributed by atoms with E-state index >= 15 is 0 Å². The fourth-order valence-corrected chi connectivity index (χ4v) is 5.58. The lowest BCUT2D eigenvalue weighted by molar-refractivity contribution is 0.0224. The summed E-state index contributed by atoms with van der Waals surface area (Å²) in [5.74, 6) is 0.944. The second kappa shape index (κ2) is 10.6. The maximum absolute atomic E-state index is 13.6. The molecule has 0 fully saturated rings. The van der Waals surface area contributed by atoms with Gasteiger partial charge in [0, 0.05) is 18.1 Å². The van der Waals surface area contributed by atoms with E-state index in [9.17, 15) is 13.2 Å². The number of nitrogens with zero attached hydrogens (tertiary/aromatic N) is 1. The van der Waals surface area contributed by atoms with Crippen LogP contribution < -0.4 is 9.47 Å². The monoisotopic (exact) mass is 543 g/mol. The molecule has 0 bridgehead atoms. The van der Waals surface area contributed by atoms with Gasteiger partial charge in [0.2, 0.25) is 9.84 Å². The molecule has 1 amide bonds. The van der Waals surface area contributed by atoms with Crippen molar-refractivity contribution in [2.45, 2.75) is 55.7 Å². The molecule has 37 heavy (non-hydrogen) atoms. The molecule has 1 aliphatic heterocycles. The van der Waals surface area contributed by atoms with E-state index in [0.29, 0.717) is 23.7 Å². The number of carbonyl (C=O) groups excluding carboxylic acids is 1. The highest BCUT2D eigenvalue weighted by molar-refractivity contribution is 7.91. The maximum Gasteiger partial charge on any atom is 0.410 e. The molecule has 3 aromatic carbocycles. The first kappa shape index (κ1) is 26.8. The predicted molar refractivity (Wildman–Crippen MR) is 141 cm³/mol. The Labute approximate surface area is 222 Å². The Hall–Kier alpha value is -3.23. The Balaban J connectivity index is 1.55. The Morgan fingerprint density at radius 1 is 1.00 bits per heavy atom. The minimum absolute atomic E-state index is 0.0601. The van der Waals surface area contributed by atoms with Crippen LogP contribution in [0.3, 0.4) is 0 Å². The Bertz CT molecular complexity index is 1380. The van der Waals surface area contributed by atoms with Gasteiger partial charge in [0.1, 0.15) is 28.6 Å². The highest BCUT2D eigenvalue weighted by atomic mass is 35.5. The second-order valence-electron chi connectivity index (χ2n) is 9.81. The quantitative estimate of drug-likeness (QED) is 0.376. The van der Waals surface area contributed by atoms with Crippen LogP contribution in [0.5, 0.6) is 11.5 Å². The highest BCUT2D eigenvalue weighted by Crippen LogP contribution is 2.35. The molecule has 0 aliphatic carbocycles. The molecule has 0 N–H and O–H groups in total. The van der Waals surface area contributed by atoms with Gasteiger partial charge in [-0.2, -0.15) is 0 Å². The maximum atomic E-state index is 13.6. The van der Waals surface area contributed by atoms with E-state index in [0.717, 1.165) is 16.7 Å². The lowest BCUT2D eigenvalue weighted by Gasteiger charge is -2.31. The van der Waals surface area contributed by atoms with Crippen molar-refractivity contribution in [1.82, 2.24) is 4.90 Å². The predicted octanol–water partition coefficient (Wildman–Crippen LogP) is 6.05. The molecule has 7 nitrogen and oxygen atoms in total. The third-order valence-corrected chi connectivity index (χ3v) is 7.93. The third kappa shape index (κ3) is 6.37. The number of sulfone groups is 1. The SMILES string of the molecule is COc1cc2c(cc1S(=O)(=O)c1ccc(COc3ccc(Cl)cc3)cc1)CN(C(=O)OC(C)(C)C)CC2. The van der Waals surface area contributed by atoms with Crippen molar-refractivity contribution >= 4 is 27.5 Å². The molecule has 0 saturated carbocycles. The summed E-state index contributed by atoms with van der Waals surface area (Å²) < 4.78 is 43.9. The smallest absolute Gasteiger partial charge is 0.410 e. The van der Waals surface area contributed by atoms with Crippen molar-refractivity contribution in [3.05, 3.63) is 82.4 Å². The molecule has 0 spiro atoms. The van der Waals surface area contributed by atoms with Crippen molar-refractivity contribution in [2.24, 2.45) is 0 Å². The number of rotatable bonds is 6. The lowest BCUT2D eigenvalue weighted by Crippen LogP contribution is -2.40. The molecule has 0 saturated heterocycles. The first-order valence-corrected chi connectivity index (χ1v) is 13.7. The van der Waals surface area contributed by atoms with Gasteiger partial charge >= 0.3 is 6.09 Å². The van der Waals surface area contributed by atoms with Crippen molar-refractivity contribution in [1.29, 1.82) is 0 Å². The molecule has 1 aliphatic rings. The molecule has 196 valence electrons. The second-order valence-corrected chi connectivity index (χ2v) is 12.2. The molecular weight excluding hydrogens is 514 g/mol. The molecule has 1 heterocycles. The van der Waals surface area contributed by atoms with Gasteiger partial charge in [-0.3, -0.25) is 0 Å². The normalized spacial score (nSPS) is 13.6. The lowest BCUT2D eigenvalue weighted by atomic mass is 9.99. The van der Waals surface area contributed by atoms with E-state index in [1.54, 1.807) is 65.6 Å². The van der Waals surface area contributed by atoms with Crippen molar-refractivity contribution < 1.29 is 27.4 Å². The van der Waals surface area contributed by atoms with E-state index in [4.69, 9.17) is 25.8 Å². The van der Waals surface area contributed by atoms with Crippen molar-refractivity contribution in [3.63, 3.8) is 0 Å². The van der Waals surface area contributed by atoms with Gasteiger partial charge in [0.05, 0.1) is 12.0 Å². The molecule has 0 radical (unpaired) electrons. The molecular formula is C28H30ClNO6S. The third-order valence-electron chi connectivity index (χ3n) is 5.89. The van der Waals surface area contributed by atoms with E-state index in [2.05, 4.69) is 0 Å². The summed E-state index contributed by atoms with van der Waals surface area (Å²) >= 11 is 5.90. The molecule has 0 unspecified atom stereocenters.